The smallest absolute Gasteiger partial charge is 0.237 e. The second-order valence-corrected chi connectivity index (χ2v) is 4.50. The van der Waals surface area contributed by atoms with Crippen LogP contribution in [0.25, 0.3) is 0 Å². The zero-order valence-corrected chi connectivity index (χ0v) is 11.6. The first-order valence-corrected chi connectivity index (χ1v) is 6.14. The molecule has 1 N–H and O–H groups in total. The molecule has 1 aromatic carbocycles. The number of hydrogen-bond donors (Lipinski definition) is 1. The average Bonchev–Trinajstić information content (AvgIpc) is 2.38. The number of carbonyl (C=O) groups is 1. The highest BCUT2D eigenvalue weighted by molar-refractivity contribution is 6.30. The van der Waals surface area contributed by atoms with Crippen LogP contribution in [0.2, 0.25) is 0 Å². The highest BCUT2D eigenvalue weighted by atomic mass is 35.5. The van der Waals surface area contributed by atoms with Crippen LogP contribution in [0.1, 0.15) is 12.5 Å². The fraction of sp³-hybridized carbons (Fsp3) is 0.462. The van der Waals surface area contributed by atoms with Crippen molar-refractivity contribution in [3.8, 4) is 11.5 Å². The second kappa shape index (κ2) is 7.11. The summed E-state index contributed by atoms with van der Waals surface area (Å²) >= 11 is 5.65. The summed E-state index contributed by atoms with van der Waals surface area (Å²) in [5.41, 5.74) is 1.06. The maximum absolute atomic E-state index is 11.3. The van der Waals surface area contributed by atoms with Gasteiger partial charge in [-0.25, -0.2) is 0 Å². The molecule has 0 aromatic heterocycles. The number of rotatable bonds is 6. The maximum Gasteiger partial charge on any atom is 0.237 e. The Morgan fingerprint density at radius 3 is 2.56 bits per heavy atom. The molecule has 1 aromatic rings. The van der Waals surface area contributed by atoms with Gasteiger partial charge >= 0.3 is 0 Å². The lowest BCUT2D eigenvalue weighted by Gasteiger charge is -2.10. The van der Waals surface area contributed by atoms with E-state index in [1.807, 2.05) is 18.2 Å². The number of nitrogens with one attached hydrogen (secondary N) is 1. The summed E-state index contributed by atoms with van der Waals surface area (Å²) in [4.78, 5) is 11.3. The van der Waals surface area contributed by atoms with Gasteiger partial charge in [0.1, 0.15) is 5.38 Å². The first-order chi connectivity index (χ1) is 8.58. The van der Waals surface area contributed by atoms with Crippen LogP contribution < -0.4 is 14.8 Å². The lowest BCUT2D eigenvalue weighted by atomic mass is 10.1. The molecule has 0 spiro atoms. The number of ether oxygens (including phenoxy) is 2. The average molecular weight is 272 g/mol. The molecule has 1 rings (SSSR count). The van der Waals surface area contributed by atoms with E-state index in [1.54, 1.807) is 21.1 Å². The lowest BCUT2D eigenvalue weighted by Crippen LogP contribution is -2.31. The summed E-state index contributed by atoms with van der Waals surface area (Å²) in [7, 11) is 3.19. The van der Waals surface area contributed by atoms with Gasteiger partial charge in [0.15, 0.2) is 11.5 Å². The van der Waals surface area contributed by atoms with Crippen molar-refractivity contribution in [1.29, 1.82) is 0 Å². The van der Waals surface area contributed by atoms with Gasteiger partial charge in [0.25, 0.3) is 0 Å². The third-order valence-corrected chi connectivity index (χ3v) is 2.72. The van der Waals surface area contributed by atoms with E-state index in [-0.39, 0.29) is 5.91 Å². The van der Waals surface area contributed by atoms with Crippen LogP contribution in [0.4, 0.5) is 0 Å². The predicted molar refractivity (Wildman–Crippen MR) is 71.6 cm³/mol. The number of methoxy groups -OCH3 is 2. The molecule has 5 heteroatoms. The third-order valence-electron chi connectivity index (χ3n) is 2.52. The molecule has 18 heavy (non-hydrogen) atoms. The summed E-state index contributed by atoms with van der Waals surface area (Å²) in [6.07, 6.45) is 0.718. The number of amides is 1. The molecule has 100 valence electrons. The van der Waals surface area contributed by atoms with Gasteiger partial charge in [0, 0.05) is 6.54 Å². The van der Waals surface area contributed by atoms with E-state index >= 15 is 0 Å². The van der Waals surface area contributed by atoms with Crippen molar-refractivity contribution in [3.05, 3.63) is 23.8 Å². The van der Waals surface area contributed by atoms with Crippen LogP contribution in [0.15, 0.2) is 18.2 Å². The minimum atomic E-state index is -0.504. The number of carbonyl (C=O) groups excluding carboxylic acids is 1. The summed E-state index contributed by atoms with van der Waals surface area (Å²) in [6.45, 7) is 2.19. The van der Waals surface area contributed by atoms with Crippen LogP contribution >= 0.6 is 11.6 Å². The molecule has 0 bridgehead atoms. The standard InChI is InChI=1S/C13H18ClNO3/c1-9(14)13(16)15-7-6-10-4-5-11(17-2)12(8-10)18-3/h4-5,8-9H,6-7H2,1-3H3,(H,15,16)/t9-/m0/s1. The molecular formula is C13H18ClNO3. The van der Waals surface area contributed by atoms with E-state index in [0.717, 1.165) is 12.0 Å². The van der Waals surface area contributed by atoms with Crippen LogP contribution in [0.3, 0.4) is 0 Å². The first-order valence-electron chi connectivity index (χ1n) is 5.71. The maximum atomic E-state index is 11.3. The van der Waals surface area contributed by atoms with E-state index in [0.29, 0.717) is 18.0 Å². The van der Waals surface area contributed by atoms with Gasteiger partial charge in [0.2, 0.25) is 5.91 Å². The van der Waals surface area contributed by atoms with Gasteiger partial charge in [0.05, 0.1) is 14.2 Å². The highest BCUT2D eigenvalue weighted by Crippen LogP contribution is 2.27. The zero-order valence-electron chi connectivity index (χ0n) is 10.8. The van der Waals surface area contributed by atoms with Crippen molar-refractivity contribution in [2.75, 3.05) is 20.8 Å². The van der Waals surface area contributed by atoms with Crippen LogP contribution in [0, 0.1) is 0 Å². The fourth-order valence-electron chi connectivity index (χ4n) is 1.51. The molecule has 0 heterocycles. The Morgan fingerprint density at radius 1 is 1.33 bits per heavy atom. The van der Waals surface area contributed by atoms with Gasteiger partial charge in [-0.1, -0.05) is 6.07 Å². The molecule has 0 fully saturated rings. The van der Waals surface area contributed by atoms with E-state index in [2.05, 4.69) is 5.32 Å². The largest absolute Gasteiger partial charge is 0.493 e. The van der Waals surface area contributed by atoms with Gasteiger partial charge < -0.3 is 14.8 Å². The van der Waals surface area contributed by atoms with Crippen LogP contribution in [-0.4, -0.2) is 32.0 Å². The second-order valence-electron chi connectivity index (χ2n) is 3.85. The molecule has 0 saturated heterocycles. The minimum Gasteiger partial charge on any atom is -0.493 e. The monoisotopic (exact) mass is 271 g/mol. The molecule has 1 amide bonds. The topological polar surface area (TPSA) is 47.6 Å². The summed E-state index contributed by atoms with van der Waals surface area (Å²) < 4.78 is 10.4. The van der Waals surface area contributed by atoms with Crippen molar-refractivity contribution in [2.45, 2.75) is 18.7 Å². The van der Waals surface area contributed by atoms with Crippen LogP contribution in [0.5, 0.6) is 11.5 Å². The van der Waals surface area contributed by atoms with Crippen molar-refractivity contribution < 1.29 is 14.3 Å². The Kier molecular flexibility index (Phi) is 5.78. The normalized spacial score (nSPS) is 11.8. The molecule has 1 atom stereocenters. The van der Waals surface area contributed by atoms with Crippen molar-refractivity contribution >= 4 is 17.5 Å². The summed E-state index contributed by atoms with van der Waals surface area (Å²) in [5, 5.41) is 2.25. The molecule has 0 aliphatic heterocycles. The lowest BCUT2D eigenvalue weighted by molar-refractivity contribution is -0.120. The molecule has 0 radical (unpaired) electrons. The summed E-state index contributed by atoms with van der Waals surface area (Å²) in [5.74, 6) is 1.23. The SMILES string of the molecule is COc1ccc(CCNC(=O)[C@H](C)Cl)cc1OC. The molecule has 0 aliphatic rings. The molecule has 0 aliphatic carbocycles. The van der Waals surface area contributed by atoms with Crippen molar-refractivity contribution in [2.24, 2.45) is 0 Å². The number of halogens is 1. The van der Waals surface area contributed by atoms with E-state index in [1.165, 1.54) is 0 Å². The van der Waals surface area contributed by atoms with Crippen molar-refractivity contribution in [1.82, 2.24) is 5.32 Å². The molecule has 0 unspecified atom stereocenters. The number of benzene rings is 1. The predicted octanol–water partition coefficient (Wildman–Crippen LogP) is 1.99. The van der Waals surface area contributed by atoms with E-state index in [4.69, 9.17) is 21.1 Å². The molecular weight excluding hydrogens is 254 g/mol. The summed E-state index contributed by atoms with van der Waals surface area (Å²) in [6, 6.07) is 5.69. The highest BCUT2D eigenvalue weighted by Gasteiger charge is 2.08. The zero-order chi connectivity index (χ0) is 13.5. The quantitative estimate of drug-likeness (QED) is 0.805. The first kappa shape index (κ1) is 14.6. The van der Waals surface area contributed by atoms with Crippen LogP contribution in [-0.2, 0) is 11.2 Å². The van der Waals surface area contributed by atoms with E-state index in [9.17, 15) is 4.79 Å². The van der Waals surface area contributed by atoms with Gasteiger partial charge in [-0.05, 0) is 31.0 Å². The molecule has 0 saturated carbocycles. The number of alkyl halides is 1. The van der Waals surface area contributed by atoms with Gasteiger partial charge in [-0.2, -0.15) is 0 Å². The Hall–Kier alpha value is -1.42. The Balaban J connectivity index is 2.55. The number of hydrogen-bond acceptors (Lipinski definition) is 3. The third kappa shape index (κ3) is 4.11. The Bertz CT molecular complexity index is 407. The fourth-order valence-corrected chi connectivity index (χ4v) is 1.58. The van der Waals surface area contributed by atoms with Crippen molar-refractivity contribution in [3.63, 3.8) is 0 Å². The van der Waals surface area contributed by atoms with Gasteiger partial charge in [-0.15, -0.1) is 11.6 Å². The molecule has 4 nitrogen and oxygen atoms in total. The Labute approximate surface area is 112 Å². The minimum absolute atomic E-state index is 0.155. The van der Waals surface area contributed by atoms with E-state index < -0.39 is 5.38 Å². The Morgan fingerprint density at radius 2 is 2.00 bits per heavy atom. The van der Waals surface area contributed by atoms with Gasteiger partial charge in [-0.3, -0.25) is 4.79 Å².